The first kappa shape index (κ1) is 18.4. The molecule has 0 aliphatic carbocycles. The van der Waals surface area contributed by atoms with Crippen molar-refractivity contribution in [3.63, 3.8) is 0 Å². The lowest BCUT2D eigenvalue weighted by Gasteiger charge is -2.32. The summed E-state index contributed by atoms with van der Waals surface area (Å²) in [7, 11) is 2.03. The Balaban J connectivity index is 1.75. The van der Waals surface area contributed by atoms with Gasteiger partial charge in [0.05, 0.1) is 0 Å². The van der Waals surface area contributed by atoms with E-state index in [1.165, 1.54) is 0 Å². The summed E-state index contributed by atoms with van der Waals surface area (Å²) < 4.78 is 0. The van der Waals surface area contributed by atoms with E-state index in [9.17, 15) is 9.59 Å². The maximum atomic E-state index is 12.6. The number of nitrogens with zero attached hydrogens (tertiary/aromatic N) is 3. The average molecular weight is 373 g/mol. The van der Waals surface area contributed by atoms with Crippen molar-refractivity contribution >= 4 is 29.1 Å². The number of hydrogen-bond donors (Lipinski definition) is 1. The predicted molar refractivity (Wildman–Crippen MR) is 102 cm³/mol. The fourth-order valence-corrected chi connectivity index (χ4v) is 2.94. The van der Waals surface area contributed by atoms with Gasteiger partial charge in [-0.05, 0) is 43.8 Å². The Kier molecular flexibility index (Phi) is 5.54. The van der Waals surface area contributed by atoms with Crippen LogP contribution in [-0.2, 0) is 0 Å². The van der Waals surface area contributed by atoms with Crippen LogP contribution in [0.15, 0.2) is 36.4 Å². The molecular weight excluding hydrogens is 352 g/mol. The van der Waals surface area contributed by atoms with E-state index in [2.05, 4.69) is 15.2 Å². The number of benzene rings is 1. The number of carbonyl (C=O) groups is 2. The van der Waals surface area contributed by atoms with Gasteiger partial charge in [-0.15, -0.1) is 0 Å². The number of rotatable bonds is 3. The van der Waals surface area contributed by atoms with Gasteiger partial charge in [0.2, 0.25) is 0 Å². The third-order valence-corrected chi connectivity index (χ3v) is 4.67. The van der Waals surface area contributed by atoms with Crippen LogP contribution in [0, 0.1) is 6.92 Å². The van der Waals surface area contributed by atoms with Gasteiger partial charge >= 0.3 is 0 Å². The van der Waals surface area contributed by atoms with E-state index in [4.69, 9.17) is 11.6 Å². The van der Waals surface area contributed by atoms with E-state index >= 15 is 0 Å². The number of aromatic nitrogens is 1. The number of pyridine rings is 1. The molecule has 0 saturated carbocycles. The minimum atomic E-state index is -0.372. The van der Waals surface area contributed by atoms with Crippen LogP contribution >= 0.6 is 11.6 Å². The maximum absolute atomic E-state index is 12.6. The van der Waals surface area contributed by atoms with Gasteiger partial charge in [-0.1, -0.05) is 23.7 Å². The van der Waals surface area contributed by atoms with Crippen molar-refractivity contribution in [3.8, 4) is 0 Å². The summed E-state index contributed by atoms with van der Waals surface area (Å²) in [5.41, 5.74) is 2.00. The number of amides is 2. The summed E-state index contributed by atoms with van der Waals surface area (Å²) in [6.45, 7) is 4.87. The zero-order valence-electron chi connectivity index (χ0n) is 14.8. The molecule has 1 N–H and O–H groups in total. The number of halogens is 1. The Morgan fingerprint density at radius 3 is 2.50 bits per heavy atom. The molecule has 7 heteroatoms. The molecule has 0 unspecified atom stereocenters. The van der Waals surface area contributed by atoms with Gasteiger partial charge in [0.25, 0.3) is 11.8 Å². The van der Waals surface area contributed by atoms with Gasteiger partial charge < -0.3 is 15.1 Å². The molecule has 0 bridgehead atoms. The minimum Gasteiger partial charge on any atom is -0.335 e. The van der Waals surface area contributed by atoms with Crippen molar-refractivity contribution in [3.05, 3.63) is 58.4 Å². The topological polar surface area (TPSA) is 65.5 Å². The predicted octanol–water partition coefficient (Wildman–Crippen LogP) is 2.68. The van der Waals surface area contributed by atoms with E-state index in [1.54, 1.807) is 35.2 Å². The van der Waals surface area contributed by atoms with Gasteiger partial charge in [0.1, 0.15) is 11.4 Å². The summed E-state index contributed by atoms with van der Waals surface area (Å²) in [6.07, 6.45) is 0. The van der Waals surface area contributed by atoms with Crippen LogP contribution in [0.1, 0.15) is 26.5 Å². The second-order valence-electron chi connectivity index (χ2n) is 6.42. The zero-order chi connectivity index (χ0) is 18.7. The number of aryl methyl sites for hydroxylation is 1. The number of piperazine rings is 1. The van der Waals surface area contributed by atoms with E-state index in [-0.39, 0.29) is 23.2 Å². The number of likely N-dealkylation sites (N-methyl/N-ethyl adjacent to an activating group) is 1. The highest BCUT2D eigenvalue weighted by molar-refractivity contribution is 6.31. The molecule has 1 aliphatic heterocycles. The third kappa shape index (κ3) is 4.20. The molecule has 2 heterocycles. The maximum Gasteiger partial charge on any atom is 0.274 e. The Bertz CT molecular complexity index is 832. The lowest BCUT2D eigenvalue weighted by molar-refractivity contribution is 0.0658. The summed E-state index contributed by atoms with van der Waals surface area (Å²) in [6, 6.07) is 10.2. The average Bonchev–Trinajstić information content (AvgIpc) is 2.65. The minimum absolute atomic E-state index is 0.147. The second kappa shape index (κ2) is 7.85. The quantitative estimate of drug-likeness (QED) is 0.899. The number of anilines is 1. The first-order valence-electron chi connectivity index (χ1n) is 8.46. The first-order valence-corrected chi connectivity index (χ1v) is 8.84. The van der Waals surface area contributed by atoms with Crippen LogP contribution in [0.5, 0.6) is 0 Å². The van der Waals surface area contributed by atoms with Gasteiger partial charge in [-0.3, -0.25) is 9.59 Å². The van der Waals surface area contributed by atoms with Crippen molar-refractivity contribution in [1.82, 2.24) is 14.8 Å². The number of nitrogens with one attached hydrogen (secondary N) is 1. The molecule has 1 saturated heterocycles. The summed E-state index contributed by atoms with van der Waals surface area (Å²) in [5.74, 6) is -0.518. The van der Waals surface area contributed by atoms with E-state index in [0.717, 1.165) is 18.7 Å². The van der Waals surface area contributed by atoms with Crippen molar-refractivity contribution in [2.75, 3.05) is 38.5 Å². The van der Waals surface area contributed by atoms with Crippen molar-refractivity contribution in [2.24, 2.45) is 0 Å². The molecule has 1 aromatic heterocycles. The highest BCUT2D eigenvalue weighted by Gasteiger charge is 2.22. The summed E-state index contributed by atoms with van der Waals surface area (Å²) in [4.78, 5) is 33.4. The van der Waals surface area contributed by atoms with Crippen LogP contribution in [0.25, 0.3) is 0 Å². The fourth-order valence-electron chi connectivity index (χ4n) is 2.77. The Labute approximate surface area is 157 Å². The monoisotopic (exact) mass is 372 g/mol. The molecular formula is C19H21ClN4O2. The highest BCUT2D eigenvalue weighted by Crippen LogP contribution is 2.20. The standard InChI is InChI=1S/C19H21ClN4O2/c1-13-6-7-14(20)12-17(13)22-18(25)15-4-3-5-16(21-15)19(26)24-10-8-23(2)9-11-24/h3-7,12H,8-11H2,1-2H3,(H,22,25). The molecule has 26 heavy (non-hydrogen) atoms. The normalized spacial score (nSPS) is 15.0. The molecule has 0 radical (unpaired) electrons. The summed E-state index contributed by atoms with van der Waals surface area (Å²) in [5, 5.41) is 3.34. The molecule has 0 atom stereocenters. The lowest BCUT2D eigenvalue weighted by Crippen LogP contribution is -2.47. The molecule has 2 amide bonds. The largest absolute Gasteiger partial charge is 0.335 e. The second-order valence-corrected chi connectivity index (χ2v) is 6.85. The fraction of sp³-hybridized carbons (Fsp3) is 0.316. The Morgan fingerprint density at radius 2 is 1.77 bits per heavy atom. The van der Waals surface area contributed by atoms with Crippen LogP contribution in [-0.4, -0.2) is 59.8 Å². The Hall–Kier alpha value is -2.44. The van der Waals surface area contributed by atoms with Gasteiger partial charge in [-0.2, -0.15) is 0 Å². The van der Waals surface area contributed by atoms with E-state index < -0.39 is 0 Å². The number of carbonyl (C=O) groups excluding carboxylic acids is 2. The van der Waals surface area contributed by atoms with Crippen molar-refractivity contribution in [2.45, 2.75) is 6.92 Å². The van der Waals surface area contributed by atoms with Crippen LogP contribution < -0.4 is 5.32 Å². The van der Waals surface area contributed by atoms with Crippen molar-refractivity contribution < 1.29 is 9.59 Å². The van der Waals surface area contributed by atoms with Crippen LogP contribution in [0.3, 0.4) is 0 Å². The van der Waals surface area contributed by atoms with Gasteiger partial charge in [-0.25, -0.2) is 4.98 Å². The third-order valence-electron chi connectivity index (χ3n) is 4.44. The highest BCUT2D eigenvalue weighted by atomic mass is 35.5. The molecule has 1 fully saturated rings. The molecule has 2 aromatic rings. The van der Waals surface area contributed by atoms with Crippen molar-refractivity contribution in [1.29, 1.82) is 0 Å². The molecule has 3 rings (SSSR count). The first-order chi connectivity index (χ1) is 12.4. The molecule has 1 aliphatic rings. The van der Waals surface area contributed by atoms with Crippen LogP contribution in [0.4, 0.5) is 5.69 Å². The van der Waals surface area contributed by atoms with E-state index in [0.29, 0.717) is 23.8 Å². The van der Waals surface area contributed by atoms with Gasteiger partial charge in [0, 0.05) is 36.9 Å². The zero-order valence-corrected chi connectivity index (χ0v) is 15.6. The SMILES string of the molecule is Cc1ccc(Cl)cc1NC(=O)c1cccc(C(=O)N2CCN(C)CC2)n1. The lowest BCUT2D eigenvalue weighted by atomic mass is 10.2. The number of hydrogen-bond acceptors (Lipinski definition) is 4. The molecule has 0 spiro atoms. The van der Waals surface area contributed by atoms with Crippen LogP contribution in [0.2, 0.25) is 5.02 Å². The Morgan fingerprint density at radius 1 is 1.08 bits per heavy atom. The molecule has 6 nitrogen and oxygen atoms in total. The smallest absolute Gasteiger partial charge is 0.274 e. The molecule has 136 valence electrons. The van der Waals surface area contributed by atoms with E-state index in [1.807, 2.05) is 20.0 Å². The summed E-state index contributed by atoms with van der Waals surface area (Å²) >= 11 is 5.99. The van der Waals surface area contributed by atoms with Gasteiger partial charge in [0.15, 0.2) is 0 Å². The molecule has 1 aromatic carbocycles.